The highest BCUT2D eigenvalue weighted by atomic mass is 16.5. The minimum atomic E-state index is -0.391. The summed E-state index contributed by atoms with van der Waals surface area (Å²) in [5.74, 6) is 0.841. The molecular weight excluding hydrogens is 240 g/mol. The van der Waals surface area contributed by atoms with E-state index in [-0.39, 0.29) is 0 Å². The molecule has 102 valence electrons. The summed E-state index contributed by atoms with van der Waals surface area (Å²) in [7, 11) is 0. The van der Waals surface area contributed by atoms with Gasteiger partial charge >= 0.3 is 0 Å². The SMILES string of the molecule is CCn1cc(CC(O)CCOc2ccccc2)cn1. The molecule has 0 aliphatic heterocycles. The van der Waals surface area contributed by atoms with Crippen molar-refractivity contribution in [1.29, 1.82) is 0 Å². The number of benzene rings is 1. The highest BCUT2D eigenvalue weighted by Gasteiger charge is 2.07. The van der Waals surface area contributed by atoms with Gasteiger partial charge in [0.2, 0.25) is 0 Å². The Morgan fingerprint density at radius 2 is 2.11 bits per heavy atom. The molecule has 2 aromatic rings. The number of aliphatic hydroxyl groups excluding tert-OH is 1. The summed E-state index contributed by atoms with van der Waals surface area (Å²) in [6, 6.07) is 9.65. The fraction of sp³-hybridized carbons (Fsp3) is 0.400. The van der Waals surface area contributed by atoms with Crippen molar-refractivity contribution in [3.8, 4) is 5.75 Å². The zero-order valence-electron chi connectivity index (χ0n) is 11.2. The summed E-state index contributed by atoms with van der Waals surface area (Å²) >= 11 is 0. The van der Waals surface area contributed by atoms with Gasteiger partial charge in [0.25, 0.3) is 0 Å². The average Bonchev–Trinajstić information content (AvgIpc) is 2.87. The number of para-hydroxylation sites is 1. The van der Waals surface area contributed by atoms with E-state index in [0.717, 1.165) is 17.9 Å². The summed E-state index contributed by atoms with van der Waals surface area (Å²) < 4.78 is 7.42. The fourth-order valence-electron chi connectivity index (χ4n) is 1.89. The normalized spacial score (nSPS) is 12.3. The number of hydrogen-bond acceptors (Lipinski definition) is 3. The maximum absolute atomic E-state index is 9.95. The zero-order valence-corrected chi connectivity index (χ0v) is 11.2. The van der Waals surface area contributed by atoms with Gasteiger partial charge in [0.1, 0.15) is 5.75 Å². The van der Waals surface area contributed by atoms with Crippen LogP contribution in [0.3, 0.4) is 0 Å². The predicted molar refractivity (Wildman–Crippen MR) is 74.2 cm³/mol. The first-order valence-corrected chi connectivity index (χ1v) is 6.65. The molecule has 0 spiro atoms. The van der Waals surface area contributed by atoms with E-state index in [0.29, 0.717) is 19.4 Å². The van der Waals surface area contributed by atoms with Crippen molar-refractivity contribution in [2.24, 2.45) is 0 Å². The first kappa shape index (κ1) is 13.6. The van der Waals surface area contributed by atoms with Gasteiger partial charge in [-0.2, -0.15) is 5.10 Å². The lowest BCUT2D eigenvalue weighted by Crippen LogP contribution is -2.14. The van der Waals surface area contributed by atoms with Crippen LogP contribution in [-0.2, 0) is 13.0 Å². The molecule has 0 aliphatic rings. The number of nitrogens with zero attached hydrogens (tertiary/aromatic N) is 2. The minimum Gasteiger partial charge on any atom is -0.493 e. The predicted octanol–water partition coefficient (Wildman–Crippen LogP) is 2.28. The van der Waals surface area contributed by atoms with Gasteiger partial charge < -0.3 is 9.84 Å². The molecule has 2 rings (SSSR count). The van der Waals surface area contributed by atoms with Crippen LogP contribution in [0.25, 0.3) is 0 Å². The molecule has 4 nitrogen and oxygen atoms in total. The smallest absolute Gasteiger partial charge is 0.119 e. The molecular formula is C15H20N2O2. The van der Waals surface area contributed by atoms with Crippen molar-refractivity contribution in [3.63, 3.8) is 0 Å². The highest BCUT2D eigenvalue weighted by Crippen LogP contribution is 2.10. The Kier molecular flexibility index (Phi) is 4.98. The van der Waals surface area contributed by atoms with Crippen molar-refractivity contribution in [3.05, 3.63) is 48.3 Å². The number of ether oxygens (including phenoxy) is 1. The minimum absolute atomic E-state index is 0.391. The number of aryl methyl sites for hydroxylation is 1. The second kappa shape index (κ2) is 6.95. The molecule has 0 bridgehead atoms. The van der Waals surface area contributed by atoms with Crippen molar-refractivity contribution in [1.82, 2.24) is 9.78 Å². The molecule has 0 saturated carbocycles. The summed E-state index contributed by atoms with van der Waals surface area (Å²) in [4.78, 5) is 0. The number of aromatic nitrogens is 2. The van der Waals surface area contributed by atoms with Crippen LogP contribution in [-0.4, -0.2) is 27.6 Å². The van der Waals surface area contributed by atoms with Gasteiger partial charge in [-0.25, -0.2) is 0 Å². The van der Waals surface area contributed by atoms with E-state index < -0.39 is 6.10 Å². The van der Waals surface area contributed by atoms with Crippen LogP contribution in [0.15, 0.2) is 42.7 Å². The third-order valence-electron chi connectivity index (χ3n) is 2.95. The Labute approximate surface area is 113 Å². The van der Waals surface area contributed by atoms with Gasteiger partial charge in [0.05, 0.1) is 18.9 Å². The summed E-state index contributed by atoms with van der Waals surface area (Å²) in [5, 5.41) is 14.1. The van der Waals surface area contributed by atoms with Crippen LogP contribution in [0, 0.1) is 0 Å². The van der Waals surface area contributed by atoms with E-state index >= 15 is 0 Å². The number of rotatable bonds is 7. The lowest BCUT2D eigenvalue weighted by Gasteiger charge is -2.10. The van der Waals surface area contributed by atoms with Crippen LogP contribution >= 0.6 is 0 Å². The van der Waals surface area contributed by atoms with Crippen molar-refractivity contribution in [2.45, 2.75) is 32.4 Å². The number of hydrogen-bond donors (Lipinski definition) is 1. The molecule has 19 heavy (non-hydrogen) atoms. The third-order valence-corrected chi connectivity index (χ3v) is 2.95. The van der Waals surface area contributed by atoms with E-state index in [1.54, 1.807) is 0 Å². The van der Waals surface area contributed by atoms with Crippen LogP contribution in [0.1, 0.15) is 18.9 Å². The molecule has 1 atom stereocenters. The Morgan fingerprint density at radius 1 is 1.32 bits per heavy atom. The fourth-order valence-corrected chi connectivity index (χ4v) is 1.89. The van der Waals surface area contributed by atoms with Crippen molar-refractivity contribution >= 4 is 0 Å². The van der Waals surface area contributed by atoms with Crippen LogP contribution in [0.5, 0.6) is 5.75 Å². The molecule has 1 unspecified atom stereocenters. The first-order chi connectivity index (χ1) is 9.28. The van der Waals surface area contributed by atoms with Crippen LogP contribution < -0.4 is 4.74 Å². The van der Waals surface area contributed by atoms with Crippen molar-refractivity contribution in [2.75, 3.05) is 6.61 Å². The Balaban J connectivity index is 1.71. The Hall–Kier alpha value is -1.81. The second-order valence-electron chi connectivity index (χ2n) is 4.51. The van der Waals surface area contributed by atoms with E-state index in [9.17, 15) is 5.11 Å². The molecule has 0 aliphatic carbocycles. The molecule has 0 fully saturated rings. The van der Waals surface area contributed by atoms with E-state index in [1.165, 1.54) is 0 Å². The summed E-state index contributed by atoms with van der Waals surface area (Å²) in [6.45, 7) is 3.42. The molecule has 4 heteroatoms. The molecule has 1 aromatic heterocycles. The third kappa shape index (κ3) is 4.41. The zero-order chi connectivity index (χ0) is 13.5. The van der Waals surface area contributed by atoms with E-state index in [2.05, 4.69) is 5.10 Å². The highest BCUT2D eigenvalue weighted by molar-refractivity contribution is 5.20. The van der Waals surface area contributed by atoms with Gasteiger partial charge in [-0.1, -0.05) is 18.2 Å². The largest absolute Gasteiger partial charge is 0.493 e. The maximum atomic E-state index is 9.95. The molecule has 1 heterocycles. The van der Waals surface area contributed by atoms with Crippen LogP contribution in [0.4, 0.5) is 0 Å². The molecule has 0 saturated heterocycles. The second-order valence-corrected chi connectivity index (χ2v) is 4.51. The Morgan fingerprint density at radius 3 is 2.79 bits per heavy atom. The molecule has 1 N–H and O–H groups in total. The Bertz CT molecular complexity index is 482. The van der Waals surface area contributed by atoms with Crippen LogP contribution in [0.2, 0.25) is 0 Å². The van der Waals surface area contributed by atoms with Gasteiger partial charge in [0.15, 0.2) is 0 Å². The lowest BCUT2D eigenvalue weighted by atomic mass is 10.1. The quantitative estimate of drug-likeness (QED) is 0.830. The average molecular weight is 260 g/mol. The lowest BCUT2D eigenvalue weighted by molar-refractivity contribution is 0.139. The number of aliphatic hydroxyl groups is 1. The van der Waals surface area contributed by atoms with Crippen molar-refractivity contribution < 1.29 is 9.84 Å². The van der Waals surface area contributed by atoms with Gasteiger partial charge in [-0.3, -0.25) is 4.68 Å². The van der Waals surface area contributed by atoms with Gasteiger partial charge in [0, 0.05) is 25.6 Å². The van der Waals surface area contributed by atoms with E-state index in [1.807, 2.05) is 54.3 Å². The van der Waals surface area contributed by atoms with Gasteiger partial charge in [-0.05, 0) is 24.6 Å². The molecule has 1 aromatic carbocycles. The van der Waals surface area contributed by atoms with Gasteiger partial charge in [-0.15, -0.1) is 0 Å². The topological polar surface area (TPSA) is 47.3 Å². The summed E-state index contributed by atoms with van der Waals surface area (Å²) in [6.07, 6.45) is 4.63. The molecule has 0 radical (unpaired) electrons. The molecule has 0 amide bonds. The summed E-state index contributed by atoms with van der Waals surface area (Å²) in [5.41, 5.74) is 1.06. The first-order valence-electron chi connectivity index (χ1n) is 6.65. The maximum Gasteiger partial charge on any atom is 0.119 e. The monoisotopic (exact) mass is 260 g/mol. The standard InChI is InChI=1S/C15H20N2O2/c1-2-17-12-13(11-16-17)10-14(18)8-9-19-15-6-4-3-5-7-15/h3-7,11-12,14,18H,2,8-10H2,1H3. The van der Waals surface area contributed by atoms with E-state index in [4.69, 9.17) is 4.74 Å².